The minimum Gasteiger partial charge on any atom is -0.494 e. The van der Waals surface area contributed by atoms with E-state index >= 15 is 0 Å². The van der Waals surface area contributed by atoms with Crippen molar-refractivity contribution in [2.24, 2.45) is 0 Å². The number of rotatable bonds is 4. The highest BCUT2D eigenvalue weighted by Crippen LogP contribution is 2.27. The largest absolute Gasteiger partial charge is 0.494 e. The first-order chi connectivity index (χ1) is 10.0. The predicted octanol–water partition coefficient (Wildman–Crippen LogP) is 4.64. The van der Waals surface area contributed by atoms with Crippen molar-refractivity contribution in [3.8, 4) is 11.8 Å². The summed E-state index contributed by atoms with van der Waals surface area (Å²) in [4.78, 5) is 0. The van der Waals surface area contributed by atoms with E-state index in [9.17, 15) is 4.39 Å². The van der Waals surface area contributed by atoms with Gasteiger partial charge in [-0.3, -0.25) is 0 Å². The van der Waals surface area contributed by atoms with Crippen molar-refractivity contribution in [2.75, 3.05) is 12.4 Å². The number of methoxy groups -OCH3 is 1. The third-order valence-electron chi connectivity index (χ3n) is 3.15. The maximum Gasteiger partial charge on any atom is 0.165 e. The van der Waals surface area contributed by atoms with Crippen LogP contribution in [0.15, 0.2) is 40.9 Å². The van der Waals surface area contributed by atoms with Gasteiger partial charge >= 0.3 is 0 Å². The summed E-state index contributed by atoms with van der Waals surface area (Å²) in [6.07, 6.45) is 0. The molecule has 5 heteroatoms. The lowest BCUT2D eigenvalue weighted by molar-refractivity contribution is 0.385. The molecule has 2 rings (SSSR count). The zero-order valence-electron chi connectivity index (χ0n) is 11.7. The molecule has 0 aliphatic heterocycles. The maximum atomic E-state index is 13.4. The monoisotopic (exact) mass is 348 g/mol. The molecule has 0 aliphatic carbocycles. The minimum atomic E-state index is -0.394. The molecule has 2 aromatic rings. The molecule has 0 bridgehead atoms. The topological polar surface area (TPSA) is 45.0 Å². The Morgan fingerprint density at radius 1 is 1.29 bits per heavy atom. The van der Waals surface area contributed by atoms with Crippen LogP contribution in [0.25, 0.3) is 0 Å². The first-order valence-electron chi connectivity index (χ1n) is 6.34. The van der Waals surface area contributed by atoms with Crippen LogP contribution < -0.4 is 10.1 Å². The van der Waals surface area contributed by atoms with E-state index in [0.29, 0.717) is 5.56 Å². The Kier molecular flexibility index (Phi) is 4.81. The third-order valence-corrected chi connectivity index (χ3v) is 3.64. The van der Waals surface area contributed by atoms with E-state index < -0.39 is 5.82 Å². The van der Waals surface area contributed by atoms with Gasteiger partial charge in [0.15, 0.2) is 11.6 Å². The summed E-state index contributed by atoms with van der Waals surface area (Å²) in [5.74, 6) is -0.188. The lowest BCUT2D eigenvalue weighted by atomic mass is 10.1. The summed E-state index contributed by atoms with van der Waals surface area (Å²) >= 11 is 3.34. The highest BCUT2D eigenvalue weighted by molar-refractivity contribution is 9.10. The number of ether oxygens (including phenoxy) is 1. The number of anilines is 1. The Labute approximate surface area is 131 Å². The van der Waals surface area contributed by atoms with Crippen LogP contribution in [0.4, 0.5) is 10.1 Å². The quantitative estimate of drug-likeness (QED) is 0.875. The fourth-order valence-electron chi connectivity index (χ4n) is 2.00. The first-order valence-corrected chi connectivity index (χ1v) is 7.14. The molecule has 0 saturated carbocycles. The summed E-state index contributed by atoms with van der Waals surface area (Å²) in [6, 6.07) is 12.2. The molecule has 21 heavy (non-hydrogen) atoms. The molecule has 0 aromatic heterocycles. The van der Waals surface area contributed by atoms with Crippen LogP contribution in [0.2, 0.25) is 0 Å². The smallest absolute Gasteiger partial charge is 0.165 e. The molecule has 108 valence electrons. The molecule has 0 radical (unpaired) electrons. The summed E-state index contributed by atoms with van der Waals surface area (Å²) in [5, 5.41) is 12.4. The van der Waals surface area contributed by atoms with Gasteiger partial charge in [0.1, 0.15) is 6.07 Å². The highest BCUT2D eigenvalue weighted by atomic mass is 79.9. The average Bonchev–Trinajstić information content (AvgIpc) is 2.49. The van der Waals surface area contributed by atoms with Crippen molar-refractivity contribution < 1.29 is 9.13 Å². The van der Waals surface area contributed by atoms with Crippen molar-refractivity contribution in [2.45, 2.75) is 13.0 Å². The number of nitrogens with zero attached hydrogens (tertiary/aromatic N) is 1. The van der Waals surface area contributed by atoms with Gasteiger partial charge in [-0.05, 0) is 42.8 Å². The second kappa shape index (κ2) is 6.59. The molecule has 0 spiro atoms. The molecule has 1 N–H and O–H groups in total. The number of halogens is 2. The van der Waals surface area contributed by atoms with E-state index in [4.69, 9.17) is 10.00 Å². The molecule has 2 aromatic carbocycles. The zero-order chi connectivity index (χ0) is 15.4. The molecular formula is C16H14BrFN2O. The van der Waals surface area contributed by atoms with Gasteiger partial charge < -0.3 is 10.1 Å². The number of hydrogen-bond acceptors (Lipinski definition) is 3. The van der Waals surface area contributed by atoms with Crippen LogP contribution in [0.3, 0.4) is 0 Å². The molecule has 0 amide bonds. The van der Waals surface area contributed by atoms with Crippen LogP contribution in [-0.4, -0.2) is 7.11 Å². The van der Waals surface area contributed by atoms with Crippen LogP contribution in [0.5, 0.6) is 5.75 Å². The molecular weight excluding hydrogens is 335 g/mol. The standard InChI is InChI=1S/C16H14BrFN2O/c1-10(11-3-5-14(18)16(8-11)21-2)20-15-6-4-13(17)7-12(15)9-19/h3-8,10,20H,1-2H3. The normalized spacial score (nSPS) is 11.6. The van der Waals surface area contributed by atoms with E-state index in [1.54, 1.807) is 18.2 Å². The second-order valence-electron chi connectivity index (χ2n) is 4.56. The van der Waals surface area contributed by atoms with Gasteiger partial charge in [0.25, 0.3) is 0 Å². The summed E-state index contributed by atoms with van der Waals surface area (Å²) in [5.41, 5.74) is 2.15. The summed E-state index contributed by atoms with van der Waals surface area (Å²) in [6.45, 7) is 1.94. The predicted molar refractivity (Wildman–Crippen MR) is 83.8 cm³/mol. The Morgan fingerprint density at radius 2 is 2.05 bits per heavy atom. The van der Waals surface area contributed by atoms with Crippen LogP contribution in [0.1, 0.15) is 24.1 Å². The van der Waals surface area contributed by atoms with Gasteiger partial charge in [0.2, 0.25) is 0 Å². The average molecular weight is 349 g/mol. The van der Waals surface area contributed by atoms with Crippen LogP contribution in [0, 0.1) is 17.1 Å². The Balaban J connectivity index is 2.26. The first kappa shape index (κ1) is 15.3. The number of benzene rings is 2. The van der Waals surface area contributed by atoms with Gasteiger partial charge in [-0.25, -0.2) is 4.39 Å². The molecule has 1 unspecified atom stereocenters. The molecule has 1 atom stereocenters. The van der Waals surface area contributed by atoms with E-state index in [0.717, 1.165) is 15.7 Å². The SMILES string of the molecule is COc1cc(C(C)Nc2ccc(Br)cc2C#N)ccc1F. The summed E-state index contributed by atoms with van der Waals surface area (Å²) < 4.78 is 19.3. The number of nitrogens with one attached hydrogen (secondary N) is 1. The van der Waals surface area contributed by atoms with Gasteiger partial charge in [0, 0.05) is 10.5 Å². The van der Waals surface area contributed by atoms with Gasteiger partial charge in [-0.2, -0.15) is 5.26 Å². The van der Waals surface area contributed by atoms with Gasteiger partial charge in [-0.15, -0.1) is 0 Å². The van der Waals surface area contributed by atoms with Gasteiger partial charge in [0.05, 0.1) is 18.4 Å². The second-order valence-corrected chi connectivity index (χ2v) is 5.48. The zero-order valence-corrected chi connectivity index (χ0v) is 13.2. The van der Waals surface area contributed by atoms with Gasteiger partial charge in [-0.1, -0.05) is 22.0 Å². The van der Waals surface area contributed by atoms with E-state index in [1.807, 2.05) is 19.1 Å². The Bertz CT molecular complexity index is 697. The Hall–Kier alpha value is -2.06. The third kappa shape index (κ3) is 3.53. The Morgan fingerprint density at radius 3 is 2.71 bits per heavy atom. The number of nitriles is 1. The van der Waals surface area contributed by atoms with Crippen LogP contribution >= 0.6 is 15.9 Å². The van der Waals surface area contributed by atoms with E-state index in [1.165, 1.54) is 13.2 Å². The lowest BCUT2D eigenvalue weighted by Crippen LogP contribution is -2.08. The highest BCUT2D eigenvalue weighted by Gasteiger charge is 2.11. The van der Waals surface area contributed by atoms with E-state index in [-0.39, 0.29) is 11.8 Å². The maximum absolute atomic E-state index is 13.4. The van der Waals surface area contributed by atoms with Crippen molar-refractivity contribution in [3.05, 3.63) is 57.8 Å². The molecule has 0 heterocycles. The van der Waals surface area contributed by atoms with Crippen molar-refractivity contribution in [3.63, 3.8) is 0 Å². The molecule has 0 saturated heterocycles. The summed E-state index contributed by atoms with van der Waals surface area (Å²) in [7, 11) is 1.43. The lowest BCUT2D eigenvalue weighted by Gasteiger charge is -2.17. The van der Waals surface area contributed by atoms with Crippen molar-refractivity contribution in [1.82, 2.24) is 0 Å². The van der Waals surface area contributed by atoms with Crippen LogP contribution in [-0.2, 0) is 0 Å². The van der Waals surface area contributed by atoms with E-state index in [2.05, 4.69) is 27.3 Å². The van der Waals surface area contributed by atoms with Crippen molar-refractivity contribution >= 4 is 21.6 Å². The fraction of sp³-hybridized carbons (Fsp3) is 0.188. The number of hydrogen-bond donors (Lipinski definition) is 1. The minimum absolute atomic E-state index is 0.0900. The molecule has 3 nitrogen and oxygen atoms in total. The molecule has 0 aliphatic rings. The molecule has 0 fully saturated rings. The van der Waals surface area contributed by atoms with Crippen molar-refractivity contribution in [1.29, 1.82) is 5.26 Å². The fourth-order valence-corrected chi connectivity index (χ4v) is 2.36.